The van der Waals surface area contributed by atoms with Crippen molar-refractivity contribution in [2.24, 2.45) is 9.98 Å². The molecule has 12 nitrogen and oxygen atoms in total. The zero-order valence-electron chi connectivity index (χ0n) is 31.0. The van der Waals surface area contributed by atoms with E-state index in [2.05, 4.69) is 58.7 Å². The second kappa shape index (κ2) is 19.2. The molecule has 0 atom stereocenters. The van der Waals surface area contributed by atoms with Crippen molar-refractivity contribution in [3.63, 3.8) is 0 Å². The molecule has 0 bridgehead atoms. The number of nitrogens with one attached hydrogen (secondary N) is 2. The number of unbranched alkanes of at least 4 members (excludes halogenated alkanes) is 2. The van der Waals surface area contributed by atoms with Crippen molar-refractivity contribution in [2.75, 3.05) is 50.0 Å². The maximum atomic E-state index is 12.8. The molecule has 12 heteroatoms. The van der Waals surface area contributed by atoms with E-state index in [-0.39, 0.29) is 0 Å². The summed E-state index contributed by atoms with van der Waals surface area (Å²) in [5, 5.41) is 8.88. The Hall–Kier alpha value is -6.04. The minimum Gasteiger partial charge on any atom is -0.494 e. The second-order valence-corrected chi connectivity index (χ2v) is 13.1. The van der Waals surface area contributed by atoms with Gasteiger partial charge in [0.1, 0.15) is 11.5 Å². The number of benzene rings is 4. The highest BCUT2D eigenvalue weighted by Crippen LogP contribution is 2.20. The fourth-order valence-electron chi connectivity index (χ4n) is 5.74. The topological polar surface area (TPSA) is 126 Å². The molecule has 0 fully saturated rings. The highest BCUT2D eigenvalue weighted by atomic mass is 16.8. The summed E-state index contributed by atoms with van der Waals surface area (Å²) >= 11 is 0. The maximum Gasteiger partial charge on any atom is 0.444 e. The van der Waals surface area contributed by atoms with E-state index < -0.39 is 11.9 Å². The van der Waals surface area contributed by atoms with Crippen molar-refractivity contribution in [1.82, 2.24) is 10.1 Å². The number of rotatable bonds is 16. The lowest BCUT2D eigenvalue weighted by atomic mass is 10.0. The van der Waals surface area contributed by atoms with E-state index in [4.69, 9.17) is 19.1 Å². The number of aliphatic imine (C=N–C) groups is 2. The SMILES string of the molecule is CCCCOc1ccc(Cc2ccc(NC3=NCCN3OC(=O)C(=O)ON3CCN=C3Nc3ccc(Cc4ccc(OCCCC)cc4)cc3)cc2)cc1. The average molecular weight is 733 g/mol. The molecule has 4 aromatic rings. The van der Waals surface area contributed by atoms with Crippen LogP contribution in [-0.2, 0) is 32.1 Å². The minimum atomic E-state index is -1.17. The first kappa shape index (κ1) is 37.7. The molecule has 6 rings (SSSR count). The first-order valence-corrected chi connectivity index (χ1v) is 18.7. The second-order valence-electron chi connectivity index (χ2n) is 13.1. The number of carbonyl (C=O) groups excluding carboxylic acids is 2. The van der Waals surface area contributed by atoms with Crippen molar-refractivity contribution in [3.05, 3.63) is 119 Å². The lowest BCUT2D eigenvalue weighted by Gasteiger charge is -2.21. The van der Waals surface area contributed by atoms with Crippen molar-refractivity contribution in [3.8, 4) is 11.5 Å². The van der Waals surface area contributed by atoms with Gasteiger partial charge in [-0.25, -0.2) is 19.6 Å². The standard InChI is InChI=1S/C42H48N6O6/c1-3-5-27-51-37-19-11-33(12-20-37)29-31-7-15-35(16-8-31)45-41-43-23-25-47(41)53-39(49)40(50)54-48-26-24-44-42(48)46-36-17-9-32(10-18-36)30-34-13-21-38(22-14-34)52-28-6-4-2/h7-22H,3-6,23-30H2,1-2H3,(H,43,45)(H,44,46). The number of carbonyl (C=O) groups is 2. The van der Waals surface area contributed by atoms with Crippen LogP contribution in [0, 0.1) is 0 Å². The van der Waals surface area contributed by atoms with Gasteiger partial charge in [0.15, 0.2) is 0 Å². The Labute approximate surface area is 316 Å². The predicted molar refractivity (Wildman–Crippen MR) is 210 cm³/mol. The average Bonchev–Trinajstić information content (AvgIpc) is 3.83. The van der Waals surface area contributed by atoms with E-state index in [1.54, 1.807) is 0 Å². The Morgan fingerprint density at radius 3 is 1.26 bits per heavy atom. The predicted octanol–water partition coefficient (Wildman–Crippen LogP) is 7.01. The van der Waals surface area contributed by atoms with Gasteiger partial charge in [0.2, 0.25) is 11.9 Å². The van der Waals surface area contributed by atoms with E-state index in [1.165, 1.54) is 21.3 Å². The van der Waals surface area contributed by atoms with E-state index in [0.29, 0.717) is 38.1 Å². The normalized spacial score (nSPS) is 13.6. The monoisotopic (exact) mass is 732 g/mol. The highest BCUT2D eigenvalue weighted by molar-refractivity contribution is 6.30. The van der Waals surface area contributed by atoms with Crippen LogP contribution in [0.5, 0.6) is 11.5 Å². The molecule has 0 amide bonds. The summed E-state index contributed by atoms with van der Waals surface area (Å²) in [6.07, 6.45) is 5.85. The molecule has 4 aromatic carbocycles. The van der Waals surface area contributed by atoms with Crippen molar-refractivity contribution in [1.29, 1.82) is 0 Å². The molecule has 2 heterocycles. The number of hydroxylamine groups is 4. The van der Waals surface area contributed by atoms with Crippen molar-refractivity contribution < 1.29 is 28.7 Å². The van der Waals surface area contributed by atoms with Gasteiger partial charge in [-0.2, -0.15) is 10.1 Å². The molecule has 0 saturated carbocycles. The summed E-state index contributed by atoms with van der Waals surface area (Å²) in [5.74, 6) is 0.0803. The molecule has 0 aliphatic carbocycles. The van der Waals surface area contributed by atoms with Gasteiger partial charge in [-0.05, 0) is 96.5 Å². The van der Waals surface area contributed by atoms with Gasteiger partial charge in [0.05, 0.1) is 39.4 Å². The smallest absolute Gasteiger partial charge is 0.444 e. The van der Waals surface area contributed by atoms with Crippen LogP contribution in [-0.4, -0.2) is 73.4 Å². The Balaban J connectivity index is 0.936. The summed E-state index contributed by atoms with van der Waals surface area (Å²) in [7, 11) is 0. The summed E-state index contributed by atoms with van der Waals surface area (Å²) in [4.78, 5) is 45.2. The Morgan fingerprint density at radius 2 is 0.907 bits per heavy atom. The lowest BCUT2D eigenvalue weighted by Crippen LogP contribution is -2.41. The van der Waals surface area contributed by atoms with Crippen LogP contribution in [0.15, 0.2) is 107 Å². The zero-order valence-corrected chi connectivity index (χ0v) is 31.0. The molecule has 282 valence electrons. The Bertz CT molecular complexity index is 1740. The molecule has 0 unspecified atom stereocenters. The molecule has 0 aromatic heterocycles. The molecule has 0 saturated heterocycles. The third-order valence-electron chi connectivity index (χ3n) is 8.77. The van der Waals surface area contributed by atoms with Gasteiger partial charge in [-0.15, -0.1) is 0 Å². The van der Waals surface area contributed by atoms with E-state index in [1.807, 2.05) is 72.8 Å². The minimum absolute atomic E-state index is 0.296. The van der Waals surface area contributed by atoms with Gasteiger partial charge in [0.25, 0.3) is 0 Å². The fraction of sp³-hybridized carbons (Fsp3) is 0.333. The maximum absolute atomic E-state index is 12.8. The van der Waals surface area contributed by atoms with Gasteiger partial charge in [-0.1, -0.05) is 75.2 Å². The van der Waals surface area contributed by atoms with Crippen molar-refractivity contribution >= 4 is 35.2 Å². The van der Waals surface area contributed by atoms with Gasteiger partial charge < -0.3 is 29.8 Å². The number of ether oxygens (including phenoxy) is 2. The largest absolute Gasteiger partial charge is 0.494 e. The number of nitrogens with zero attached hydrogens (tertiary/aromatic N) is 4. The number of hydrogen-bond donors (Lipinski definition) is 2. The zero-order chi connectivity index (χ0) is 37.5. The lowest BCUT2D eigenvalue weighted by molar-refractivity contribution is -0.198. The Kier molecular flexibility index (Phi) is 13.4. The van der Waals surface area contributed by atoms with Crippen molar-refractivity contribution in [2.45, 2.75) is 52.4 Å². The van der Waals surface area contributed by atoms with Crippen LogP contribution in [0.4, 0.5) is 11.4 Å². The Morgan fingerprint density at radius 1 is 0.556 bits per heavy atom. The van der Waals surface area contributed by atoms with E-state index in [0.717, 1.165) is 85.7 Å². The van der Waals surface area contributed by atoms with Gasteiger partial charge >= 0.3 is 11.9 Å². The molecule has 2 N–H and O–H groups in total. The molecule has 0 spiro atoms. The highest BCUT2D eigenvalue weighted by Gasteiger charge is 2.31. The van der Waals surface area contributed by atoms with Crippen LogP contribution >= 0.6 is 0 Å². The molecular weight excluding hydrogens is 684 g/mol. The molecule has 54 heavy (non-hydrogen) atoms. The summed E-state index contributed by atoms with van der Waals surface area (Å²) < 4.78 is 11.5. The number of hydrogen-bond acceptors (Lipinski definition) is 12. The summed E-state index contributed by atoms with van der Waals surface area (Å²) in [6.45, 7) is 7.13. The molecule has 2 aliphatic rings. The van der Waals surface area contributed by atoms with Crippen LogP contribution in [0.3, 0.4) is 0 Å². The fourth-order valence-corrected chi connectivity index (χ4v) is 5.74. The van der Waals surface area contributed by atoms with Crippen LogP contribution in [0.25, 0.3) is 0 Å². The van der Waals surface area contributed by atoms with E-state index >= 15 is 0 Å². The molecular formula is C42H48N6O6. The quantitative estimate of drug-likeness (QED) is 0.0918. The van der Waals surface area contributed by atoms with Gasteiger partial charge in [0, 0.05) is 11.4 Å². The number of anilines is 2. The number of guanidine groups is 2. The summed E-state index contributed by atoms with van der Waals surface area (Å²) in [5.41, 5.74) is 6.18. The third-order valence-corrected chi connectivity index (χ3v) is 8.77. The van der Waals surface area contributed by atoms with Crippen LogP contribution < -0.4 is 20.1 Å². The molecule has 2 aliphatic heterocycles. The van der Waals surface area contributed by atoms with Crippen LogP contribution in [0.1, 0.15) is 61.8 Å². The van der Waals surface area contributed by atoms with E-state index in [9.17, 15) is 9.59 Å². The third kappa shape index (κ3) is 11.0. The van der Waals surface area contributed by atoms with Crippen LogP contribution in [0.2, 0.25) is 0 Å². The summed E-state index contributed by atoms with van der Waals surface area (Å²) in [6, 6.07) is 32.2. The van der Waals surface area contributed by atoms with Gasteiger partial charge in [-0.3, -0.25) is 0 Å². The first-order chi connectivity index (χ1) is 26.4. The first-order valence-electron chi connectivity index (χ1n) is 18.7. The molecule has 0 radical (unpaired) electrons.